The summed E-state index contributed by atoms with van der Waals surface area (Å²) < 4.78 is 47.2. The number of benzene rings is 2. The molecule has 1 aliphatic rings. The van der Waals surface area contributed by atoms with Gasteiger partial charge in [0.05, 0.1) is 6.61 Å². The molecule has 1 amide bonds. The summed E-state index contributed by atoms with van der Waals surface area (Å²) >= 11 is 0. The number of nitrogens with one attached hydrogen (secondary N) is 1. The number of rotatable bonds is 8. The summed E-state index contributed by atoms with van der Waals surface area (Å²) in [4.78, 5) is 11.4. The van der Waals surface area contributed by atoms with E-state index >= 15 is 0 Å². The predicted octanol–water partition coefficient (Wildman–Crippen LogP) is 5.14. The van der Waals surface area contributed by atoms with Crippen LogP contribution in [0.15, 0.2) is 36.4 Å². The lowest BCUT2D eigenvalue weighted by atomic mass is 10.0. The fourth-order valence-corrected chi connectivity index (χ4v) is 3.50. The van der Waals surface area contributed by atoms with Crippen molar-refractivity contribution in [2.24, 2.45) is 0 Å². The highest BCUT2D eigenvalue weighted by molar-refractivity contribution is 5.89. The highest BCUT2D eigenvalue weighted by atomic mass is 19.4. The number of fused-ring (bicyclic) bond motifs is 1. The van der Waals surface area contributed by atoms with Gasteiger partial charge in [-0.25, -0.2) is 5.01 Å². The maximum atomic E-state index is 13.8. The van der Waals surface area contributed by atoms with Crippen LogP contribution in [0.1, 0.15) is 50.6 Å². The Morgan fingerprint density at radius 2 is 2.00 bits per heavy atom. The van der Waals surface area contributed by atoms with E-state index < -0.39 is 18.1 Å². The van der Waals surface area contributed by atoms with Crippen LogP contribution < -0.4 is 10.2 Å². The van der Waals surface area contributed by atoms with Crippen molar-refractivity contribution in [2.75, 3.05) is 13.2 Å². The smallest absolute Gasteiger partial charge is 0.409 e. The molecule has 1 saturated heterocycles. The summed E-state index contributed by atoms with van der Waals surface area (Å²) in [6.45, 7) is 2.69. The maximum Gasteiger partial charge on any atom is 0.409 e. The monoisotopic (exact) mass is 394 g/mol. The Hall–Kier alpha value is -2.28. The van der Waals surface area contributed by atoms with Gasteiger partial charge in [0.1, 0.15) is 11.8 Å². The molecule has 0 aromatic heterocycles. The fourth-order valence-electron chi connectivity index (χ4n) is 3.50. The van der Waals surface area contributed by atoms with Gasteiger partial charge in [0, 0.05) is 18.4 Å². The van der Waals surface area contributed by atoms with Crippen molar-refractivity contribution < 1.29 is 22.7 Å². The third-order valence-corrected chi connectivity index (χ3v) is 4.91. The minimum atomic E-state index is -4.51. The number of hydrogen-bond acceptors (Lipinski definition) is 3. The third kappa shape index (κ3) is 4.76. The lowest BCUT2D eigenvalue weighted by molar-refractivity contribution is -0.191. The van der Waals surface area contributed by atoms with Gasteiger partial charge in [0.15, 0.2) is 0 Å². The van der Waals surface area contributed by atoms with Gasteiger partial charge >= 0.3 is 6.18 Å². The molecule has 1 unspecified atom stereocenters. The molecule has 1 N–H and O–H groups in total. The minimum Gasteiger partial charge on any atom is -0.493 e. The minimum absolute atomic E-state index is 0.0244. The number of ether oxygens (including phenoxy) is 1. The molecule has 2 aromatic rings. The van der Waals surface area contributed by atoms with E-state index in [1.807, 2.05) is 12.1 Å². The van der Waals surface area contributed by atoms with Crippen molar-refractivity contribution in [3.8, 4) is 5.75 Å². The lowest BCUT2D eigenvalue weighted by Crippen LogP contribution is -2.43. The molecule has 2 aromatic carbocycles. The van der Waals surface area contributed by atoms with E-state index in [1.54, 1.807) is 12.1 Å². The molecule has 1 heterocycles. The quantitative estimate of drug-likeness (QED) is 0.631. The average molecular weight is 394 g/mol. The molecule has 0 spiro atoms. The molecule has 4 nitrogen and oxygen atoms in total. The summed E-state index contributed by atoms with van der Waals surface area (Å²) in [6, 6.07) is 8.25. The second-order valence-electron chi connectivity index (χ2n) is 7.07. The molecule has 0 bridgehead atoms. The van der Waals surface area contributed by atoms with Gasteiger partial charge < -0.3 is 4.74 Å². The van der Waals surface area contributed by atoms with Crippen LogP contribution >= 0.6 is 0 Å². The summed E-state index contributed by atoms with van der Waals surface area (Å²) in [7, 11) is 0. The van der Waals surface area contributed by atoms with Crippen LogP contribution in [0.4, 0.5) is 13.2 Å². The number of unbranched alkanes of at least 4 members (excludes halogenated alkanes) is 3. The molecular weight excluding hydrogens is 369 g/mol. The Balaban J connectivity index is 1.88. The zero-order valence-corrected chi connectivity index (χ0v) is 15.9. The first-order valence-electron chi connectivity index (χ1n) is 9.68. The molecule has 152 valence electrons. The second-order valence-corrected chi connectivity index (χ2v) is 7.07. The van der Waals surface area contributed by atoms with Gasteiger partial charge in [-0.2, -0.15) is 13.2 Å². The molecular formula is C21H25F3N2O2. The van der Waals surface area contributed by atoms with Crippen LogP contribution in [0.2, 0.25) is 0 Å². The van der Waals surface area contributed by atoms with Crippen molar-refractivity contribution in [1.29, 1.82) is 0 Å². The number of nitrogens with zero attached hydrogens (tertiary/aromatic N) is 1. The van der Waals surface area contributed by atoms with E-state index in [0.29, 0.717) is 17.7 Å². The molecule has 7 heteroatoms. The van der Waals surface area contributed by atoms with Gasteiger partial charge in [0.25, 0.3) is 0 Å². The number of carbonyl (C=O) groups excluding carboxylic acids is 1. The zero-order valence-electron chi connectivity index (χ0n) is 15.9. The largest absolute Gasteiger partial charge is 0.493 e. The van der Waals surface area contributed by atoms with E-state index in [0.717, 1.165) is 36.1 Å². The Bertz CT molecular complexity index is 823. The van der Waals surface area contributed by atoms with Crippen molar-refractivity contribution in [1.82, 2.24) is 10.4 Å². The average Bonchev–Trinajstić information content (AvgIpc) is 3.06. The van der Waals surface area contributed by atoms with Crippen LogP contribution in [0.5, 0.6) is 5.75 Å². The molecule has 3 rings (SSSR count). The molecule has 0 saturated carbocycles. The SMILES string of the molecule is CCCCCCOc1cccc2ccc(C(N3CCC(=O)N3)C(F)(F)F)cc12. The van der Waals surface area contributed by atoms with E-state index in [9.17, 15) is 18.0 Å². The van der Waals surface area contributed by atoms with E-state index in [-0.39, 0.29) is 18.5 Å². The molecule has 1 fully saturated rings. The highest BCUT2D eigenvalue weighted by Crippen LogP contribution is 2.40. The van der Waals surface area contributed by atoms with Gasteiger partial charge in [-0.05, 0) is 29.5 Å². The van der Waals surface area contributed by atoms with Crippen LogP contribution in [0.3, 0.4) is 0 Å². The van der Waals surface area contributed by atoms with Crippen LogP contribution in [-0.2, 0) is 4.79 Å². The van der Waals surface area contributed by atoms with Crippen LogP contribution in [0.25, 0.3) is 10.8 Å². The van der Waals surface area contributed by atoms with Crippen molar-refractivity contribution in [3.05, 3.63) is 42.0 Å². The van der Waals surface area contributed by atoms with Crippen LogP contribution in [-0.4, -0.2) is 30.2 Å². The zero-order chi connectivity index (χ0) is 20.1. The lowest BCUT2D eigenvalue weighted by Gasteiger charge is -2.29. The number of amides is 1. The second kappa shape index (κ2) is 8.82. The summed E-state index contributed by atoms with van der Waals surface area (Å²) in [5.74, 6) is 0.188. The van der Waals surface area contributed by atoms with Gasteiger partial charge in [-0.1, -0.05) is 50.5 Å². The summed E-state index contributed by atoms with van der Waals surface area (Å²) in [5, 5.41) is 2.44. The molecule has 28 heavy (non-hydrogen) atoms. The number of carbonyl (C=O) groups is 1. The Kier molecular flexibility index (Phi) is 6.44. The molecule has 1 atom stereocenters. The summed E-state index contributed by atoms with van der Waals surface area (Å²) in [6.07, 6.45) is -0.207. The normalized spacial score (nSPS) is 16.4. The van der Waals surface area contributed by atoms with Gasteiger partial charge in [-0.15, -0.1) is 0 Å². The number of alkyl halides is 3. The maximum absolute atomic E-state index is 13.8. The van der Waals surface area contributed by atoms with Gasteiger partial charge in [0.2, 0.25) is 5.91 Å². The van der Waals surface area contributed by atoms with Crippen molar-refractivity contribution in [2.45, 2.75) is 51.2 Å². The van der Waals surface area contributed by atoms with Crippen LogP contribution in [0, 0.1) is 0 Å². The van der Waals surface area contributed by atoms with E-state index in [2.05, 4.69) is 12.3 Å². The summed E-state index contributed by atoms with van der Waals surface area (Å²) in [5.41, 5.74) is 2.41. The van der Waals surface area contributed by atoms with E-state index in [4.69, 9.17) is 4.74 Å². The van der Waals surface area contributed by atoms with Crippen molar-refractivity contribution in [3.63, 3.8) is 0 Å². The molecule has 0 radical (unpaired) electrons. The fraction of sp³-hybridized carbons (Fsp3) is 0.476. The Labute approximate surface area is 162 Å². The van der Waals surface area contributed by atoms with Crippen molar-refractivity contribution >= 4 is 16.7 Å². The first-order chi connectivity index (χ1) is 13.4. The highest BCUT2D eigenvalue weighted by Gasteiger charge is 2.47. The van der Waals surface area contributed by atoms with E-state index in [1.165, 1.54) is 12.1 Å². The molecule has 0 aliphatic carbocycles. The number of hydrazine groups is 1. The first kappa shape index (κ1) is 20.5. The number of hydrogen-bond donors (Lipinski definition) is 1. The Morgan fingerprint density at radius 1 is 1.18 bits per heavy atom. The predicted molar refractivity (Wildman–Crippen MR) is 102 cm³/mol. The Morgan fingerprint density at radius 3 is 2.68 bits per heavy atom. The topological polar surface area (TPSA) is 41.6 Å². The standard InChI is InChI=1S/C21H25F3N2O2/c1-2-3-4-5-13-28-18-8-6-7-15-9-10-16(14-17(15)18)20(21(22,23)24)26-12-11-19(27)25-26/h6-10,14,20H,2-5,11-13H2,1H3,(H,25,27). The first-order valence-corrected chi connectivity index (χ1v) is 9.68. The molecule has 1 aliphatic heterocycles. The number of halogens is 3. The van der Waals surface area contributed by atoms with Gasteiger partial charge in [-0.3, -0.25) is 10.2 Å². The third-order valence-electron chi connectivity index (χ3n) is 4.91.